The van der Waals surface area contributed by atoms with Crippen molar-refractivity contribution in [2.75, 3.05) is 18.2 Å². The minimum atomic E-state index is -0.400. The first-order valence-corrected chi connectivity index (χ1v) is 11.3. The number of carbonyl (C=O) groups excluding carboxylic acids is 1. The van der Waals surface area contributed by atoms with Gasteiger partial charge in [-0.05, 0) is 49.2 Å². The summed E-state index contributed by atoms with van der Waals surface area (Å²) >= 11 is 1.31. The van der Waals surface area contributed by atoms with Crippen LogP contribution in [0.4, 0.5) is 10.1 Å². The highest BCUT2D eigenvalue weighted by Crippen LogP contribution is 2.27. The van der Waals surface area contributed by atoms with Gasteiger partial charge in [0.05, 0.1) is 18.6 Å². The zero-order valence-corrected chi connectivity index (χ0v) is 19.4. The van der Waals surface area contributed by atoms with Crippen LogP contribution in [0.3, 0.4) is 0 Å². The molecular formula is C23H27FN4O3S. The second-order valence-electron chi connectivity index (χ2n) is 7.60. The first-order valence-electron chi connectivity index (χ1n) is 10.3. The monoisotopic (exact) mass is 458 g/mol. The SMILES string of the molecule is COc1ccccc1NC(=O)CSc1nnc(C(C)Oc2ccc(F)cc2)n1CC(C)C. The van der Waals surface area contributed by atoms with Gasteiger partial charge in [0.2, 0.25) is 5.91 Å². The molecule has 9 heteroatoms. The minimum Gasteiger partial charge on any atom is -0.495 e. The van der Waals surface area contributed by atoms with Crippen molar-refractivity contribution in [1.82, 2.24) is 14.8 Å². The lowest BCUT2D eigenvalue weighted by molar-refractivity contribution is -0.113. The number of methoxy groups -OCH3 is 1. The number of carbonyl (C=O) groups is 1. The molecule has 3 rings (SSSR count). The van der Waals surface area contributed by atoms with Crippen molar-refractivity contribution in [3.05, 3.63) is 60.2 Å². The molecule has 0 aliphatic rings. The molecule has 0 saturated heterocycles. The summed E-state index contributed by atoms with van der Waals surface area (Å²) in [5, 5.41) is 12.1. The van der Waals surface area contributed by atoms with Gasteiger partial charge in [-0.2, -0.15) is 0 Å². The van der Waals surface area contributed by atoms with E-state index < -0.39 is 6.10 Å². The van der Waals surface area contributed by atoms with Crippen molar-refractivity contribution in [3.63, 3.8) is 0 Å². The van der Waals surface area contributed by atoms with Crippen LogP contribution in [0.2, 0.25) is 0 Å². The van der Waals surface area contributed by atoms with E-state index in [1.807, 2.05) is 23.6 Å². The van der Waals surface area contributed by atoms with E-state index in [9.17, 15) is 9.18 Å². The molecule has 0 spiro atoms. The van der Waals surface area contributed by atoms with Crippen molar-refractivity contribution in [2.24, 2.45) is 5.92 Å². The molecule has 0 aliphatic carbocycles. The second-order valence-corrected chi connectivity index (χ2v) is 8.54. The van der Waals surface area contributed by atoms with Gasteiger partial charge in [-0.15, -0.1) is 10.2 Å². The topological polar surface area (TPSA) is 78.3 Å². The summed E-state index contributed by atoms with van der Waals surface area (Å²) in [5.74, 6) is 1.81. The molecule has 0 aliphatic heterocycles. The first-order chi connectivity index (χ1) is 15.4. The zero-order valence-electron chi connectivity index (χ0n) is 18.5. The maximum atomic E-state index is 13.2. The summed E-state index contributed by atoms with van der Waals surface area (Å²) in [7, 11) is 1.56. The summed E-state index contributed by atoms with van der Waals surface area (Å²) < 4.78 is 26.3. The molecule has 1 unspecified atom stereocenters. The van der Waals surface area contributed by atoms with Crippen molar-refractivity contribution in [2.45, 2.75) is 38.6 Å². The zero-order chi connectivity index (χ0) is 23.1. The molecule has 1 atom stereocenters. The van der Waals surface area contributed by atoms with E-state index in [4.69, 9.17) is 9.47 Å². The predicted molar refractivity (Wildman–Crippen MR) is 123 cm³/mol. The minimum absolute atomic E-state index is 0.168. The van der Waals surface area contributed by atoms with Gasteiger partial charge in [-0.1, -0.05) is 37.7 Å². The molecular weight excluding hydrogens is 431 g/mol. The Hall–Kier alpha value is -3.07. The lowest BCUT2D eigenvalue weighted by atomic mass is 10.2. The van der Waals surface area contributed by atoms with Crippen molar-refractivity contribution >= 4 is 23.4 Å². The molecule has 1 heterocycles. The smallest absolute Gasteiger partial charge is 0.234 e. The quantitative estimate of drug-likeness (QED) is 0.433. The Morgan fingerprint density at radius 1 is 1.12 bits per heavy atom. The number of para-hydroxylation sites is 2. The van der Waals surface area contributed by atoms with Crippen LogP contribution in [-0.4, -0.2) is 33.5 Å². The van der Waals surface area contributed by atoms with Crippen molar-refractivity contribution in [1.29, 1.82) is 0 Å². The molecule has 0 fully saturated rings. The molecule has 3 aromatic rings. The number of ether oxygens (including phenoxy) is 2. The fourth-order valence-corrected chi connectivity index (χ4v) is 3.83. The van der Waals surface area contributed by atoms with Gasteiger partial charge in [0, 0.05) is 6.54 Å². The van der Waals surface area contributed by atoms with Crippen LogP contribution in [0.1, 0.15) is 32.7 Å². The number of halogens is 1. The maximum absolute atomic E-state index is 13.2. The number of aromatic nitrogens is 3. The Kier molecular flexibility index (Phi) is 8.10. The Morgan fingerprint density at radius 3 is 2.53 bits per heavy atom. The largest absolute Gasteiger partial charge is 0.495 e. The Morgan fingerprint density at radius 2 is 1.84 bits per heavy atom. The van der Waals surface area contributed by atoms with E-state index in [0.717, 1.165) is 0 Å². The van der Waals surface area contributed by atoms with E-state index in [0.29, 0.717) is 40.6 Å². The molecule has 0 radical (unpaired) electrons. The van der Waals surface area contributed by atoms with Crippen LogP contribution in [0.5, 0.6) is 11.5 Å². The molecule has 1 aromatic heterocycles. The third-order valence-corrected chi connectivity index (χ3v) is 5.46. The molecule has 1 amide bonds. The van der Waals surface area contributed by atoms with Gasteiger partial charge in [0.1, 0.15) is 17.3 Å². The van der Waals surface area contributed by atoms with Gasteiger partial charge in [0.25, 0.3) is 0 Å². The molecule has 0 saturated carbocycles. The third kappa shape index (κ3) is 6.23. The average Bonchev–Trinajstić information content (AvgIpc) is 3.16. The van der Waals surface area contributed by atoms with E-state index in [1.165, 1.54) is 23.9 Å². The van der Waals surface area contributed by atoms with Crippen molar-refractivity contribution < 1.29 is 18.7 Å². The van der Waals surface area contributed by atoms with Gasteiger partial charge in [-0.3, -0.25) is 4.79 Å². The molecule has 1 N–H and O–H groups in total. The number of hydrogen-bond donors (Lipinski definition) is 1. The van der Waals surface area contributed by atoms with Gasteiger partial charge < -0.3 is 19.4 Å². The van der Waals surface area contributed by atoms with Crippen molar-refractivity contribution in [3.8, 4) is 11.5 Å². The number of nitrogens with zero attached hydrogens (tertiary/aromatic N) is 3. The lowest BCUT2D eigenvalue weighted by Gasteiger charge is -2.18. The number of hydrogen-bond acceptors (Lipinski definition) is 6. The maximum Gasteiger partial charge on any atom is 0.234 e. The number of anilines is 1. The van der Waals surface area contributed by atoms with E-state index >= 15 is 0 Å². The van der Waals surface area contributed by atoms with Gasteiger partial charge in [0.15, 0.2) is 17.1 Å². The van der Waals surface area contributed by atoms with E-state index in [2.05, 4.69) is 29.4 Å². The lowest BCUT2D eigenvalue weighted by Crippen LogP contribution is -2.17. The normalized spacial score (nSPS) is 11.9. The van der Waals surface area contributed by atoms with Crippen LogP contribution in [-0.2, 0) is 11.3 Å². The number of benzene rings is 2. The summed E-state index contributed by atoms with van der Waals surface area (Å²) in [4.78, 5) is 12.5. The number of rotatable bonds is 10. The molecule has 7 nitrogen and oxygen atoms in total. The molecule has 2 aromatic carbocycles. The first kappa shape index (κ1) is 23.6. The van der Waals surface area contributed by atoms with Crippen LogP contribution >= 0.6 is 11.8 Å². The van der Waals surface area contributed by atoms with Gasteiger partial charge in [-0.25, -0.2) is 4.39 Å². The van der Waals surface area contributed by atoms with E-state index in [1.54, 1.807) is 31.4 Å². The standard InChI is InChI=1S/C23H27FN4O3S/c1-15(2)13-28-22(16(3)31-18-11-9-17(24)10-12-18)26-27-23(28)32-14-21(29)25-19-7-5-6-8-20(19)30-4/h5-12,15-16H,13-14H2,1-4H3,(H,25,29). The fraction of sp³-hybridized carbons (Fsp3) is 0.348. The average molecular weight is 459 g/mol. The van der Waals surface area contributed by atoms with Crippen LogP contribution in [0.15, 0.2) is 53.7 Å². The number of thioether (sulfide) groups is 1. The highest BCUT2D eigenvalue weighted by atomic mass is 32.2. The van der Waals surface area contributed by atoms with Gasteiger partial charge >= 0.3 is 0 Å². The second kappa shape index (κ2) is 11.0. The highest BCUT2D eigenvalue weighted by Gasteiger charge is 2.21. The fourth-order valence-electron chi connectivity index (χ4n) is 3.08. The molecule has 170 valence electrons. The Labute approximate surface area is 191 Å². The summed E-state index contributed by atoms with van der Waals surface area (Å²) in [6, 6.07) is 13.1. The third-order valence-electron chi connectivity index (χ3n) is 4.50. The summed E-state index contributed by atoms with van der Waals surface area (Å²) in [6.07, 6.45) is -0.400. The molecule has 32 heavy (non-hydrogen) atoms. The summed E-state index contributed by atoms with van der Waals surface area (Å²) in [5.41, 5.74) is 0.617. The number of amides is 1. The van der Waals surface area contributed by atoms with Crippen LogP contribution in [0, 0.1) is 11.7 Å². The van der Waals surface area contributed by atoms with Crippen LogP contribution < -0.4 is 14.8 Å². The molecule has 0 bridgehead atoms. The van der Waals surface area contributed by atoms with E-state index in [-0.39, 0.29) is 17.5 Å². The Balaban J connectivity index is 1.70. The predicted octanol–water partition coefficient (Wildman–Crippen LogP) is 4.95. The Bertz CT molecular complexity index is 1040. The van der Waals surface area contributed by atoms with Crippen LogP contribution in [0.25, 0.3) is 0 Å². The highest BCUT2D eigenvalue weighted by molar-refractivity contribution is 7.99. The number of nitrogens with one attached hydrogen (secondary N) is 1. The summed E-state index contributed by atoms with van der Waals surface area (Å²) in [6.45, 7) is 6.74.